The molecular weight excluding hydrogens is 226 g/mol. The first-order valence-corrected chi connectivity index (χ1v) is 5.68. The van der Waals surface area contributed by atoms with E-state index in [9.17, 15) is 0 Å². The molecule has 0 aliphatic rings. The number of benzene rings is 1. The first kappa shape index (κ1) is 10.7. The van der Waals surface area contributed by atoms with Gasteiger partial charge in [-0.25, -0.2) is 0 Å². The van der Waals surface area contributed by atoms with Gasteiger partial charge in [0.05, 0.1) is 0 Å². The lowest BCUT2D eigenvalue weighted by molar-refractivity contribution is 0.733. The second-order valence-corrected chi connectivity index (χ2v) is 4.15. The summed E-state index contributed by atoms with van der Waals surface area (Å²) >= 11 is 3.39. The third-order valence-corrected chi connectivity index (χ3v) is 2.28. The molecule has 2 heteroatoms. The standard InChI is InChI=1S/C11H16BrN/c1-9-5-10(2)7-11(6-9)8-13-4-3-12/h5-7,13H,3-4,8H2,1-2H3. The van der Waals surface area contributed by atoms with E-state index in [0.717, 1.165) is 18.4 Å². The van der Waals surface area contributed by atoms with Crippen molar-refractivity contribution < 1.29 is 0 Å². The van der Waals surface area contributed by atoms with Gasteiger partial charge in [-0.05, 0) is 19.4 Å². The number of aryl methyl sites for hydroxylation is 2. The van der Waals surface area contributed by atoms with Crippen LogP contribution >= 0.6 is 15.9 Å². The van der Waals surface area contributed by atoms with Crippen molar-refractivity contribution >= 4 is 15.9 Å². The number of hydrogen-bond donors (Lipinski definition) is 1. The fourth-order valence-electron chi connectivity index (χ4n) is 1.47. The Morgan fingerprint density at radius 2 is 1.77 bits per heavy atom. The molecule has 0 saturated carbocycles. The highest BCUT2D eigenvalue weighted by Crippen LogP contribution is 2.08. The van der Waals surface area contributed by atoms with Crippen LogP contribution in [-0.4, -0.2) is 11.9 Å². The fourth-order valence-corrected chi connectivity index (χ4v) is 1.75. The lowest BCUT2D eigenvalue weighted by Gasteiger charge is -2.05. The molecular formula is C11H16BrN. The van der Waals surface area contributed by atoms with Gasteiger partial charge in [0, 0.05) is 18.4 Å². The van der Waals surface area contributed by atoms with Crippen LogP contribution in [0.3, 0.4) is 0 Å². The quantitative estimate of drug-likeness (QED) is 0.632. The van der Waals surface area contributed by atoms with Gasteiger partial charge in [0.2, 0.25) is 0 Å². The molecule has 0 heterocycles. The summed E-state index contributed by atoms with van der Waals surface area (Å²) in [5.74, 6) is 0. The molecule has 72 valence electrons. The van der Waals surface area contributed by atoms with E-state index >= 15 is 0 Å². The van der Waals surface area contributed by atoms with Crippen LogP contribution in [0.5, 0.6) is 0 Å². The Bertz CT molecular complexity index is 251. The van der Waals surface area contributed by atoms with Gasteiger partial charge in [0.15, 0.2) is 0 Å². The van der Waals surface area contributed by atoms with Crippen LogP contribution in [0.4, 0.5) is 0 Å². The molecule has 0 unspecified atom stereocenters. The third-order valence-electron chi connectivity index (χ3n) is 1.88. The summed E-state index contributed by atoms with van der Waals surface area (Å²) in [5, 5.41) is 4.37. The molecule has 0 saturated heterocycles. The molecule has 0 aromatic heterocycles. The molecule has 0 spiro atoms. The molecule has 1 aromatic carbocycles. The number of halogens is 1. The van der Waals surface area contributed by atoms with Gasteiger partial charge in [-0.2, -0.15) is 0 Å². The van der Waals surface area contributed by atoms with Crippen LogP contribution in [0.2, 0.25) is 0 Å². The molecule has 0 aliphatic heterocycles. The summed E-state index contributed by atoms with van der Waals surface area (Å²) in [6.07, 6.45) is 0. The Hall–Kier alpha value is -0.340. The van der Waals surface area contributed by atoms with Gasteiger partial charge in [-0.1, -0.05) is 45.3 Å². The molecule has 1 rings (SSSR count). The maximum Gasteiger partial charge on any atom is 0.0206 e. The summed E-state index contributed by atoms with van der Waals surface area (Å²) in [7, 11) is 0. The van der Waals surface area contributed by atoms with E-state index < -0.39 is 0 Å². The minimum atomic E-state index is 0.966. The molecule has 13 heavy (non-hydrogen) atoms. The fraction of sp³-hybridized carbons (Fsp3) is 0.455. The van der Waals surface area contributed by atoms with E-state index in [4.69, 9.17) is 0 Å². The van der Waals surface area contributed by atoms with Crippen molar-refractivity contribution in [2.45, 2.75) is 20.4 Å². The van der Waals surface area contributed by atoms with E-state index in [2.05, 4.69) is 53.3 Å². The van der Waals surface area contributed by atoms with Gasteiger partial charge in [-0.3, -0.25) is 0 Å². The van der Waals surface area contributed by atoms with Gasteiger partial charge in [-0.15, -0.1) is 0 Å². The maximum atomic E-state index is 3.39. The zero-order valence-electron chi connectivity index (χ0n) is 8.23. The Labute approximate surface area is 88.7 Å². The second kappa shape index (κ2) is 5.40. The van der Waals surface area contributed by atoms with Crippen LogP contribution < -0.4 is 5.32 Å². The SMILES string of the molecule is Cc1cc(C)cc(CNCCBr)c1. The predicted molar refractivity (Wildman–Crippen MR) is 61.4 cm³/mol. The van der Waals surface area contributed by atoms with Crippen molar-refractivity contribution in [1.29, 1.82) is 0 Å². The van der Waals surface area contributed by atoms with Crippen LogP contribution in [-0.2, 0) is 6.54 Å². The molecule has 0 fully saturated rings. The van der Waals surface area contributed by atoms with E-state index in [0.29, 0.717) is 0 Å². The van der Waals surface area contributed by atoms with Crippen molar-refractivity contribution in [2.24, 2.45) is 0 Å². The Balaban J connectivity index is 2.56. The van der Waals surface area contributed by atoms with E-state index in [1.54, 1.807) is 0 Å². The first-order chi connectivity index (χ1) is 6.22. The Morgan fingerprint density at radius 1 is 1.15 bits per heavy atom. The molecule has 0 aliphatic carbocycles. The van der Waals surface area contributed by atoms with E-state index in [1.165, 1.54) is 16.7 Å². The van der Waals surface area contributed by atoms with Gasteiger partial charge in [0.1, 0.15) is 0 Å². The monoisotopic (exact) mass is 241 g/mol. The zero-order valence-corrected chi connectivity index (χ0v) is 9.82. The second-order valence-electron chi connectivity index (χ2n) is 3.36. The van der Waals surface area contributed by atoms with E-state index in [-0.39, 0.29) is 0 Å². The van der Waals surface area contributed by atoms with Crippen LogP contribution in [0, 0.1) is 13.8 Å². The van der Waals surface area contributed by atoms with E-state index in [1.807, 2.05) is 0 Å². The highest BCUT2D eigenvalue weighted by Gasteiger charge is 1.94. The largest absolute Gasteiger partial charge is 0.312 e. The number of alkyl halides is 1. The average molecular weight is 242 g/mol. The van der Waals surface area contributed by atoms with Crippen molar-refractivity contribution in [3.63, 3.8) is 0 Å². The molecule has 0 bridgehead atoms. The maximum absolute atomic E-state index is 3.39. The number of hydrogen-bond acceptors (Lipinski definition) is 1. The molecule has 0 atom stereocenters. The minimum absolute atomic E-state index is 0.966. The molecule has 0 amide bonds. The third kappa shape index (κ3) is 3.92. The van der Waals surface area contributed by atoms with Crippen LogP contribution in [0.15, 0.2) is 18.2 Å². The normalized spacial score (nSPS) is 10.4. The summed E-state index contributed by atoms with van der Waals surface area (Å²) in [4.78, 5) is 0. The topological polar surface area (TPSA) is 12.0 Å². The highest BCUT2D eigenvalue weighted by molar-refractivity contribution is 9.09. The summed E-state index contributed by atoms with van der Waals surface area (Å²) < 4.78 is 0. The summed E-state index contributed by atoms with van der Waals surface area (Å²) in [6, 6.07) is 6.66. The Kier molecular flexibility index (Phi) is 4.46. The lowest BCUT2D eigenvalue weighted by Crippen LogP contribution is -2.15. The lowest BCUT2D eigenvalue weighted by atomic mass is 10.1. The van der Waals surface area contributed by atoms with Crippen molar-refractivity contribution in [1.82, 2.24) is 5.32 Å². The molecule has 1 nitrogen and oxygen atoms in total. The van der Waals surface area contributed by atoms with Crippen molar-refractivity contribution in [2.75, 3.05) is 11.9 Å². The zero-order chi connectivity index (χ0) is 9.68. The van der Waals surface area contributed by atoms with Gasteiger partial charge in [0.25, 0.3) is 0 Å². The van der Waals surface area contributed by atoms with Gasteiger partial charge < -0.3 is 5.32 Å². The van der Waals surface area contributed by atoms with Crippen molar-refractivity contribution in [3.05, 3.63) is 34.9 Å². The Morgan fingerprint density at radius 3 is 2.31 bits per heavy atom. The average Bonchev–Trinajstić information content (AvgIpc) is 2.03. The first-order valence-electron chi connectivity index (χ1n) is 4.56. The smallest absolute Gasteiger partial charge is 0.0206 e. The molecule has 0 radical (unpaired) electrons. The van der Waals surface area contributed by atoms with Crippen LogP contribution in [0.1, 0.15) is 16.7 Å². The summed E-state index contributed by atoms with van der Waals surface area (Å²) in [5.41, 5.74) is 4.06. The predicted octanol–water partition coefficient (Wildman–Crippen LogP) is 2.79. The molecule has 1 aromatic rings. The number of nitrogens with one attached hydrogen (secondary N) is 1. The minimum Gasteiger partial charge on any atom is -0.312 e. The number of rotatable bonds is 4. The highest BCUT2D eigenvalue weighted by atomic mass is 79.9. The van der Waals surface area contributed by atoms with Gasteiger partial charge >= 0.3 is 0 Å². The van der Waals surface area contributed by atoms with Crippen LogP contribution in [0.25, 0.3) is 0 Å². The molecule has 1 N–H and O–H groups in total. The summed E-state index contributed by atoms with van der Waals surface area (Å²) in [6.45, 7) is 6.27. The van der Waals surface area contributed by atoms with Crippen molar-refractivity contribution in [3.8, 4) is 0 Å².